The molecule has 0 heterocycles. The van der Waals surface area contributed by atoms with Crippen LogP contribution in [0.5, 0.6) is 0 Å². The molecule has 2 aliphatic carbocycles. The minimum Gasteiger partial charge on any atom is -0.204 e. The number of hydrogen-bond acceptors (Lipinski definition) is 0. The van der Waals surface area contributed by atoms with Crippen molar-refractivity contribution in [2.75, 3.05) is 0 Å². The van der Waals surface area contributed by atoms with E-state index in [4.69, 9.17) is 0 Å². The molecule has 25 heavy (non-hydrogen) atoms. The van der Waals surface area contributed by atoms with Gasteiger partial charge in [-0.2, -0.15) is 0 Å². The Morgan fingerprint density at radius 3 is 2.12 bits per heavy atom. The van der Waals surface area contributed by atoms with Gasteiger partial charge in [0.15, 0.2) is 11.6 Å². The van der Waals surface area contributed by atoms with E-state index in [1.54, 1.807) is 6.07 Å². The topological polar surface area (TPSA) is 0 Å². The Morgan fingerprint density at radius 1 is 0.880 bits per heavy atom. The molecule has 1 aromatic carbocycles. The molecule has 0 aromatic heterocycles. The van der Waals surface area contributed by atoms with Gasteiger partial charge < -0.3 is 0 Å². The highest BCUT2D eigenvalue weighted by atomic mass is 28.2. The number of rotatable bonds is 6. The Kier molecular flexibility index (Phi) is 7.09. The zero-order valence-electron chi connectivity index (χ0n) is 15.6. The van der Waals surface area contributed by atoms with Crippen molar-refractivity contribution in [1.29, 1.82) is 0 Å². The van der Waals surface area contributed by atoms with Gasteiger partial charge in [-0.05, 0) is 79.9 Å². The molecule has 3 rings (SSSR count). The quantitative estimate of drug-likeness (QED) is 0.377. The smallest absolute Gasteiger partial charge is 0.159 e. The van der Waals surface area contributed by atoms with E-state index in [0.29, 0.717) is 5.92 Å². The first-order chi connectivity index (χ1) is 12.2. The van der Waals surface area contributed by atoms with Gasteiger partial charge in [-0.25, -0.2) is 8.78 Å². The fourth-order valence-corrected chi connectivity index (χ4v) is 6.09. The first-order valence-electron chi connectivity index (χ1n) is 10.3. The molecule has 0 bridgehead atoms. The Labute approximate surface area is 154 Å². The summed E-state index contributed by atoms with van der Waals surface area (Å²) < 4.78 is 26.6. The van der Waals surface area contributed by atoms with E-state index in [0.717, 1.165) is 36.2 Å². The van der Waals surface area contributed by atoms with E-state index in [1.807, 2.05) is 0 Å². The summed E-state index contributed by atoms with van der Waals surface area (Å²) in [6, 6.07) is 7.30. The Balaban J connectivity index is 1.43. The third-order valence-electron chi connectivity index (χ3n) is 6.72. The predicted molar refractivity (Wildman–Crippen MR) is 102 cm³/mol. The minimum absolute atomic E-state index is 0.428. The molecular formula is C22H32F2Si. The van der Waals surface area contributed by atoms with Crippen LogP contribution >= 0.6 is 0 Å². The summed E-state index contributed by atoms with van der Waals surface area (Å²) >= 11 is 0. The molecule has 3 heteroatoms. The van der Waals surface area contributed by atoms with E-state index in [2.05, 4.69) is 6.92 Å². The van der Waals surface area contributed by atoms with Crippen molar-refractivity contribution in [1.82, 2.24) is 0 Å². The van der Waals surface area contributed by atoms with Crippen molar-refractivity contribution in [3.63, 3.8) is 0 Å². The van der Waals surface area contributed by atoms with E-state index in [1.165, 1.54) is 78.7 Å². The standard InChI is InChI=1S/C22H32F2Si/c1-2-25-14-13-16-3-5-17(6-4-16)18-7-9-19(10-8-18)20-11-12-21(23)22(24)15-20/h11-12,15-19H,2-10,13-14H2,1H3. The van der Waals surface area contributed by atoms with Crippen molar-refractivity contribution in [3.8, 4) is 0 Å². The second-order valence-electron chi connectivity index (χ2n) is 8.21. The monoisotopic (exact) mass is 362 g/mol. The van der Waals surface area contributed by atoms with Gasteiger partial charge in [0.25, 0.3) is 0 Å². The molecule has 0 amide bonds. The third-order valence-corrected chi connectivity index (χ3v) is 7.87. The van der Waals surface area contributed by atoms with Gasteiger partial charge in [0, 0.05) is 9.52 Å². The van der Waals surface area contributed by atoms with Crippen LogP contribution in [0.4, 0.5) is 8.78 Å². The second-order valence-corrected chi connectivity index (χ2v) is 9.92. The highest BCUT2D eigenvalue weighted by Gasteiger charge is 2.31. The maximum absolute atomic E-state index is 13.5. The van der Waals surface area contributed by atoms with E-state index < -0.39 is 11.6 Å². The SMILES string of the molecule is CC[Si]CCC1CCC(C2CCC(c3ccc(F)c(F)c3)CC2)CC1. The molecule has 1 aromatic rings. The predicted octanol–water partition coefficient (Wildman–Crippen LogP) is 7.00. The molecule has 0 spiro atoms. The summed E-state index contributed by atoms with van der Waals surface area (Å²) in [4.78, 5) is 0. The van der Waals surface area contributed by atoms with Crippen molar-refractivity contribution < 1.29 is 8.78 Å². The molecule has 2 fully saturated rings. The zero-order valence-corrected chi connectivity index (χ0v) is 16.6. The van der Waals surface area contributed by atoms with Crippen LogP contribution in [-0.2, 0) is 0 Å². The van der Waals surface area contributed by atoms with Crippen molar-refractivity contribution in [3.05, 3.63) is 35.4 Å². The second kappa shape index (κ2) is 9.30. The average Bonchev–Trinajstić information content (AvgIpc) is 2.65. The lowest BCUT2D eigenvalue weighted by molar-refractivity contribution is 0.158. The van der Waals surface area contributed by atoms with Gasteiger partial charge in [-0.15, -0.1) is 0 Å². The van der Waals surface area contributed by atoms with Crippen LogP contribution in [0.15, 0.2) is 18.2 Å². The largest absolute Gasteiger partial charge is 0.204 e. The van der Waals surface area contributed by atoms with E-state index in [-0.39, 0.29) is 0 Å². The summed E-state index contributed by atoms with van der Waals surface area (Å²) in [5, 5.41) is 0. The lowest BCUT2D eigenvalue weighted by Crippen LogP contribution is -2.25. The fraction of sp³-hybridized carbons (Fsp3) is 0.727. The normalized spacial score (nSPS) is 30.4. The molecule has 0 saturated heterocycles. The highest BCUT2D eigenvalue weighted by Crippen LogP contribution is 2.44. The first-order valence-corrected chi connectivity index (χ1v) is 11.7. The van der Waals surface area contributed by atoms with Gasteiger partial charge in [-0.1, -0.05) is 44.3 Å². The summed E-state index contributed by atoms with van der Waals surface area (Å²) in [6.07, 6.45) is 12.1. The fourth-order valence-electron chi connectivity index (χ4n) is 5.12. The van der Waals surface area contributed by atoms with Crippen molar-refractivity contribution in [2.45, 2.75) is 82.7 Å². The minimum atomic E-state index is -0.728. The highest BCUT2D eigenvalue weighted by molar-refractivity contribution is 6.35. The van der Waals surface area contributed by atoms with Crippen LogP contribution in [-0.4, -0.2) is 9.52 Å². The first kappa shape index (κ1) is 19.1. The molecule has 0 aliphatic heterocycles. The van der Waals surface area contributed by atoms with Crippen LogP contribution in [0, 0.1) is 29.4 Å². The third kappa shape index (κ3) is 5.15. The Morgan fingerprint density at radius 2 is 1.52 bits per heavy atom. The maximum Gasteiger partial charge on any atom is 0.159 e. The molecule has 0 nitrogen and oxygen atoms in total. The number of hydrogen-bond donors (Lipinski definition) is 0. The Hall–Kier alpha value is -0.703. The summed E-state index contributed by atoms with van der Waals surface area (Å²) in [5.41, 5.74) is 0.998. The molecule has 2 radical (unpaired) electrons. The number of halogens is 2. The van der Waals surface area contributed by atoms with Crippen molar-refractivity contribution >= 4 is 9.52 Å². The van der Waals surface area contributed by atoms with E-state index in [9.17, 15) is 8.78 Å². The van der Waals surface area contributed by atoms with Gasteiger partial charge >= 0.3 is 0 Å². The van der Waals surface area contributed by atoms with Gasteiger partial charge in [0.1, 0.15) is 0 Å². The van der Waals surface area contributed by atoms with Crippen LogP contribution in [0.3, 0.4) is 0 Å². The zero-order chi connectivity index (χ0) is 17.6. The molecule has 0 N–H and O–H groups in total. The molecule has 2 saturated carbocycles. The summed E-state index contributed by atoms with van der Waals surface area (Å²) in [5.74, 6) is 1.80. The summed E-state index contributed by atoms with van der Waals surface area (Å²) in [6.45, 7) is 2.30. The molecular weight excluding hydrogens is 330 g/mol. The van der Waals surface area contributed by atoms with Crippen LogP contribution < -0.4 is 0 Å². The number of benzene rings is 1. The maximum atomic E-state index is 13.5. The average molecular weight is 363 g/mol. The molecule has 0 unspecified atom stereocenters. The molecule has 2 aliphatic rings. The lowest BCUT2D eigenvalue weighted by Gasteiger charge is -2.38. The molecule has 138 valence electrons. The Bertz CT molecular complexity index is 529. The van der Waals surface area contributed by atoms with Crippen molar-refractivity contribution in [2.24, 2.45) is 17.8 Å². The van der Waals surface area contributed by atoms with Gasteiger partial charge in [0.2, 0.25) is 0 Å². The van der Waals surface area contributed by atoms with E-state index >= 15 is 0 Å². The van der Waals surface area contributed by atoms with Crippen LogP contribution in [0.2, 0.25) is 12.1 Å². The molecule has 0 atom stereocenters. The van der Waals surface area contributed by atoms with Crippen LogP contribution in [0.25, 0.3) is 0 Å². The van der Waals surface area contributed by atoms with Gasteiger partial charge in [0.05, 0.1) is 0 Å². The van der Waals surface area contributed by atoms with Crippen LogP contribution in [0.1, 0.15) is 76.2 Å². The lowest BCUT2D eigenvalue weighted by atomic mass is 9.68. The van der Waals surface area contributed by atoms with Gasteiger partial charge in [-0.3, -0.25) is 0 Å². The summed E-state index contributed by atoms with van der Waals surface area (Å²) in [7, 11) is 1.17.